The second-order valence-corrected chi connectivity index (χ2v) is 28.7. The van der Waals surface area contributed by atoms with Crippen LogP contribution in [0.2, 0.25) is 0 Å². The molecule has 0 aromatic heterocycles. The van der Waals surface area contributed by atoms with Crippen LogP contribution in [0, 0.1) is 0 Å². The summed E-state index contributed by atoms with van der Waals surface area (Å²) in [6.45, 7) is 4.68. The van der Waals surface area contributed by atoms with Crippen LogP contribution in [-0.4, -0.2) is 82.3 Å². The van der Waals surface area contributed by atoms with Crippen LogP contribution in [0.5, 0.6) is 0 Å². The Labute approximate surface area is 589 Å². The van der Waals surface area contributed by atoms with Gasteiger partial charge < -0.3 is 33.3 Å². The van der Waals surface area contributed by atoms with Crippen LogP contribution in [0.4, 0.5) is 0 Å². The van der Waals surface area contributed by atoms with Crippen molar-refractivity contribution in [2.24, 2.45) is 0 Å². The minimum Gasteiger partial charge on any atom is -0.545 e. The maximum Gasteiger partial charge on any atom is 0.306 e. The van der Waals surface area contributed by atoms with Gasteiger partial charge in [0, 0.05) is 12.8 Å². The highest BCUT2D eigenvalue weighted by Crippen LogP contribution is 2.19. The van der Waals surface area contributed by atoms with Gasteiger partial charge >= 0.3 is 11.9 Å². The van der Waals surface area contributed by atoms with Crippen molar-refractivity contribution in [3.8, 4) is 0 Å². The molecule has 0 radical (unpaired) electrons. The summed E-state index contributed by atoms with van der Waals surface area (Å²) in [5.74, 6) is -2.26. The van der Waals surface area contributed by atoms with E-state index in [0.717, 1.165) is 70.6 Å². The topological polar surface area (TPSA) is 111 Å². The van der Waals surface area contributed by atoms with Crippen molar-refractivity contribution in [1.82, 2.24) is 0 Å². The Morgan fingerprint density at radius 2 is 0.600 bits per heavy atom. The van der Waals surface area contributed by atoms with Crippen LogP contribution in [0.25, 0.3) is 0 Å². The Balaban J connectivity index is 3.98. The molecule has 2 atom stereocenters. The summed E-state index contributed by atoms with van der Waals surface area (Å²) in [6, 6.07) is 0. The first-order chi connectivity index (χ1) is 46.6. The Bertz CT molecular complexity index is 1840. The number of aliphatic carboxylic acids is 1. The van der Waals surface area contributed by atoms with Crippen LogP contribution < -0.4 is 5.11 Å². The molecule has 0 aromatic rings. The third-order valence-corrected chi connectivity index (χ3v) is 18.1. The molecule has 552 valence electrons. The number of esters is 2. The van der Waals surface area contributed by atoms with Crippen molar-refractivity contribution in [2.75, 3.05) is 47.5 Å². The van der Waals surface area contributed by atoms with E-state index in [1.54, 1.807) is 0 Å². The zero-order valence-electron chi connectivity index (χ0n) is 63.3. The molecular weight excluding hydrogens is 1170 g/mol. The van der Waals surface area contributed by atoms with E-state index in [9.17, 15) is 19.5 Å². The minimum atomic E-state index is -1.62. The van der Waals surface area contributed by atoms with Gasteiger partial charge in [-0.3, -0.25) is 9.59 Å². The van der Waals surface area contributed by atoms with Gasteiger partial charge in [0.05, 0.1) is 40.3 Å². The second kappa shape index (κ2) is 76.2. The summed E-state index contributed by atoms with van der Waals surface area (Å²) >= 11 is 0. The quantitative estimate of drug-likeness (QED) is 0.0195. The summed E-state index contributed by atoms with van der Waals surface area (Å²) in [6.07, 6.45) is 101. The smallest absolute Gasteiger partial charge is 0.306 e. The molecule has 0 aliphatic carbocycles. The van der Waals surface area contributed by atoms with Crippen LogP contribution in [0.3, 0.4) is 0 Å². The molecule has 0 rings (SSSR count). The maximum atomic E-state index is 13.0. The van der Waals surface area contributed by atoms with E-state index in [1.165, 1.54) is 283 Å². The highest BCUT2D eigenvalue weighted by Gasteiger charge is 2.22. The lowest BCUT2D eigenvalue weighted by molar-refractivity contribution is -0.870. The van der Waals surface area contributed by atoms with Crippen molar-refractivity contribution in [3.63, 3.8) is 0 Å². The first-order valence-corrected chi connectivity index (χ1v) is 40.7. The molecule has 0 aromatic carbocycles. The molecule has 0 heterocycles. The molecule has 0 bridgehead atoms. The standard InChI is InChI=1S/C86H155NO8/c1-6-8-10-12-14-16-18-20-22-24-26-28-30-32-34-36-38-40-42-44-46-48-50-52-54-56-58-60-62-64-66-68-70-72-74-76-83(88)93-80-82(81-94-86(85(90)91)92-79-78-87(3,4)5)95-84(89)77-75-73-71-69-67-65-63-61-59-57-55-53-51-49-47-45-43-41-39-37-35-33-31-29-27-25-23-21-19-17-15-13-11-9-7-2/h9,11,15,17-18,20-21,23-24,26-27,29,33,35,82,86H,6-8,10,12-14,16,19,22,25,28,30-32,34,36-81H2,1-5H3/b11-9-,17-15-,20-18-,23-21-,26-24-,29-27-,35-33-. The largest absolute Gasteiger partial charge is 0.545 e. The fourth-order valence-electron chi connectivity index (χ4n) is 12.0. The Kier molecular flexibility index (Phi) is 73.4. The summed E-state index contributed by atoms with van der Waals surface area (Å²) in [4.78, 5) is 37.6. The fourth-order valence-corrected chi connectivity index (χ4v) is 12.0. The van der Waals surface area contributed by atoms with E-state index >= 15 is 0 Å². The summed E-state index contributed by atoms with van der Waals surface area (Å²) < 4.78 is 22.9. The molecule has 0 amide bonds. The predicted octanol–water partition coefficient (Wildman–Crippen LogP) is 24.8. The lowest BCUT2D eigenvalue weighted by atomic mass is 10.0. The van der Waals surface area contributed by atoms with Gasteiger partial charge in [-0.05, 0) is 89.9 Å². The number of hydrogen-bond donors (Lipinski definition) is 0. The first kappa shape index (κ1) is 91.5. The average Bonchev–Trinajstić information content (AvgIpc) is 3.58. The van der Waals surface area contributed by atoms with Gasteiger partial charge in [0.25, 0.3) is 0 Å². The first-order valence-electron chi connectivity index (χ1n) is 40.7. The van der Waals surface area contributed by atoms with Gasteiger partial charge in [-0.2, -0.15) is 0 Å². The Hall–Kier alpha value is -3.53. The number of nitrogens with zero attached hydrogens (tertiary/aromatic N) is 1. The highest BCUT2D eigenvalue weighted by molar-refractivity contribution is 5.70. The number of carboxylic acid groups (broad SMARTS) is 1. The zero-order valence-corrected chi connectivity index (χ0v) is 63.3. The molecule has 0 saturated carbocycles. The summed E-state index contributed by atoms with van der Waals surface area (Å²) in [5.41, 5.74) is 0. The van der Waals surface area contributed by atoms with E-state index in [2.05, 4.69) is 98.9 Å². The number of ether oxygens (including phenoxy) is 4. The molecule has 0 aliphatic heterocycles. The average molecular weight is 1330 g/mol. The maximum absolute atomic E-state index is 13.0. The van der Waals surface area contributed by atoms with Crippen molar-refractivity contribution in [2.45, 2.75) is 399 Å². The molecule has 0 fully saturated rings. The van der Waals surface area contributed by atoms with Gasteiger partial charge in [-0.15, -0.1) is 0 Å². The molecule has 2 unspecified atom stereocenters. The number of allylic oxidation sites excluding steroid dienone is 14. The number of likely N-dealkylation sites (N-methyl/N-ethyl adjacent to an activating group) is 1. The Morgan fingerprint density at radius 1 is 0.326 bits per heavy atom. The van der Waals surface area contributed by atoms with Crippen molar-refractivity contribution in [1.29, 1.82) is 0 Å². The third kappa shape index (κ3) is 77.7. The number of carbonyl (C=O) groups excluding carboxylic acids is 3. The van der Waals surface area contributed by atoms with E-state index in [-0.39, 0.29) is 32.2 Å². The summed E-state index contributed by atoms with van der Waals surface area (Å²) in [7, 11) is 5.95. The van der Waals surface area contributed by atoms with E-state index in [0.29, 0.717) is 23.9 Å². The molecule has 0 N–H and O–H groups in total. The lowest BCUT2D eigenvalue weighted by Crippen LogP contribution is -2.44. The van der Waals surface area contributed by atoms with Gasteiger partial charge in [-0.1, -0.05) is 369 Å². The van der Waals surface area contributed by atoms with Crippen LogP contribution in [-0.2, 0) is 33.3 Å². The van der Waals surface area contributed by atoms with Gasteiger partial charge in [-0.25, -0.2) is 0 Å². The normalized spacial score (nSPS) is 13.1. The number of rotatable bonds is 76. The van der Waals surface area contributed by atoms with Gasteiger partial charge in [0.1, 0.15) is 13.2 Å². The number of carboxylic acids is 1. The highest BCUT2D eigenvalue weighted by atomic mass is 16.7. The van der Waals surface area contributed by atoms with Crippen LogP contribution in [0.15, 0.2) is 85.1 Å². The van der Waals surface area contributed by atoms with Crippen LogP contribution >= 0.6 is 0 Å². The van der Waals surface area contributed by atoms with Gasteiger partial charge in [0.15, 0.2) is 12.4 Å². The number of hydrogen-bond acceptors (Lipinski definition) is 8. The molecule has 0 aliphatic rings. The molecule has 0 saturated heterocycles. The van der Waals surface area contributed by atoms with Crippen molar-refractivity contribution < 1.29 is 42.9 Å². The second-order valence-electron chi connectivity index (χ2n) is 28.7. The van der Waals surface area contributed by atoms with E-state index in [4.69, 9.17) is 18.9 Å². The monoisotopic (exact) mass is 1330 g/mol. The molecular formula is C86H155NO8. The molecule has 95 heavy (non-hydrogen) atoms. The van der Waals surface area contributed by atoms with Crippen molar-refractivity contribution in [3.05, 3.63) is 85.1 Å². The zero-order chi connectivity index (χ0) is 69.0. The predicted molar refractivity (Wildman–Crippen MR) is 408 cm³/mol. The molecule has 0 spiro atoms. The molecule has 9 nitrogen and oxygen atoms in total. The van der Waals surface area contributed by atoms with Crippen LogP contribution in [0.1, 0.15) is 386 Å². The lowest BCUT2D eigenvalue weighted by Gasteiger charge is -2.26. The third-order valence-electron chi connectivity index (χ3n) is 18.1. The van der Waals surface area contributed by atoms with E-state index < -0.39 is 24.3 Å². The summed E-state index contributed by atoms with van der Waals surface area (Å²) in [5, 5.41) is 11.9. The number of unbranched alkanes of at least 4 members (excludes halogenated alkanes) is 47. The molecule has 9 heteroatoms. The SMILES string of the molecule is CC/C=C\C/C=C\C/C=C\C/C=C\C/C=C\CCCCCCCCCCCCCCCCCCCCCC(=O)OC(COC(=O)CCCCCCCCCCCCCCCCCCCCCCCCC/C=C\C/C=C\CCCCCCC)COC(OCC[N+](C)(C)C)C(=O)[O-]. The minimum absolute atomic E-state index is 0.148. The number of quaternary nitrogens is 1. The fraction of sp³-hybridized carbons (Fsp3) is 0.802. The van der Waals surface area contributed by atoms with Gasteiger partial charge in [0.2, 0.25) is 0 Å². The van der Waals surface area contributed by atoms with Crippen molar-refractivity contribution >= 4 is 17.9 Å². The number of carbonyl (C=O) groups is 3. The van der Waals surface area contributed by atoms with E-state index in [1.807, 2.05) is 21.1 Å². The Morgan fingerprint density at radius 3 is 0.895 bits per heavy atom.